The SMILES string of the molecule is COc1ccc(NC(C)=O)cc1NC(=O)COc1ccc(C#N)cc1. The number of nitrogens with one attached hydrogen (secondary N) is 2. The van der Waals surface area contributed by atoms with E-state index in [9.17, 15) is 9.59 Å². The molecule has 0 fully saturated rings. The van der Waals surface area contributed by atoms with E-state index in [4.69, 9.17) is 14.7 Å². The van der Waals surface area contributed by atoms with E-state index in [2.05, 4.69) is 10.6 Å². The topological polar surface area (TPSA) is 100 Å². The third-order valence-corrected chi connectivity index (χ3v) is 3.15. The highest BCUT2D eigenvalue weighted by atomic mass is 16.5. The third-order valence-electron chi connectivity index (χ3n) is 3.15. The van der Waals surface area contributed by atoms with Crippen molar-refractivity contribution in [1.82, 2.24) is 0 Å². The van der Waals surface area contributed by atoms with Crippen LogP contribution in [0.1, 0.15) is 12.5 Å². The minimum atomic E-state index is -0.386. The number of hydrogen-bond donors (Lipinski definition) is 2. The van der Waals surface area contributed by atoms with E-state index in [1.165, 1.54) is 14.0 Å². The van der Waals surface area contributed by atoms with E-state index in [0.29, 0.717) is 28.4 Å². The van der Waals surface area contributed by atoms with Crippen molar-refractivity contribution in [3.63, 3.8) is 0 Å². The fourth-order valence-electron chi connectivity index (χ4n) is 2.05. The molecule has 0 radical (unpaired) electrons. The largest absolute Gasteiger partial charge is 0.495 e. The second kappa shape index (κ2) is 8.36. The Morgan fingerprint density at radius 3 is 2.44 bits per heavy atom. The van der Waals surface area contributed by atoms with Crippen LogP contribution in [0.3, 0.4) is 0 Å². The minimum Gasteiger partial charge on any atom is -0.495 e. The monoisotopic (exact) mass is 339 g/mol. The summed E-state index contributed by atoms with van der Waals surface area (Å²) in [5.74, 6) is 0.336. The number of nitriles is 1. The summed E-state index contributed by atoms with van der Waals surface area (Å²) in [6, 6.07) is 13.4. The Labute approximate surface area is 145 Å². The molecule has 2 N–H and O–H groups in total. The molecule has 0 aromatic heterocycles. The maximum absolute atomic E-state index is 12.1. The van der Waals surface area contributed by atoms with Crippen molar-refractivity contribution in [2.45, 2.75) is 6.92 Å². The molecule has 7 heteroatoms. The number of ether oxygens (including phenoxy) is 2. The van der Waals surface area contributed by atoms with Crippen molar-refractivity contribution in [1.29, 1.82) is 5.26 Å². The van der Waals surface area contributed by atoms with Crippen molar-refractivity contribution in [3.05, 3.63) is 48.0 Å². The smallest absolute Gasteiger partial charge is 0.262 e. The summed E-state index contributed by atoms with van der Waals surface area (Å²) in [5, 5.41) is 14.1. The molecule has 0 spiro atoms. The van der Waals surface area contributed by atoms with Crippen LogP contribution in [0.25, 0.3) is 0 Å². The molecule has 0 bridgehead atoms. The number of benzene rings is 2. The Morgan fingerprint density at radius 1 is 1.12 bits per heavy atom. The molecule has 7 nitrogen and oxygen atoms in total. The van der Waals surface area contributed by atoms with E-state index in [1.807, 2.05) is 6.07 Å². The highest BCUT2D eigenvalue weighted by Crippen LogP contribution is 2.27. The Balaban J connectivity index is 2.00. The van der Waals surface area contributed by atoms with Crippen molar-refractivity contribution in [3.8, 4) is 17.6 Å². The van der Waals surface area contributed by atoms with Gasteiger partial charge in [0, 0.05) is 12.6 Å². The van der Waals surface area contributed by atoms with Gasteiger partial charge in [0.1, 0.15) is 11.5 Å². The number of rotatable bonds is 6. The van der Waals surface area contributed by atoms with Gasteiger partial charge in [-0.1, -0.05) is 0 Å². The summed E-state index contributed by atoms with van der Waals surface area (Å²) >= 11 is 0. The predicted octanol–water partition coefficient (Wildman–Crippen LogP) is 2.54. The normalized spacial score (nSPS) is 9.64. The quantitative estimate of drug-likeness (QED) is 0.842. The van der Waals surface area contributed by atoms with Crippen LogP contribution in [0.4, 0.5) is 11.4 Å². The molecule has 2 amide bonds. The Hall–Kier alpha value is -3.53. The van der Waals surface area contributed by atoms with Gasteiger partial charge in [-0.15, -0.1) is 0 Å². The zero-order chi connectivity index (χ0) is 18.2. The molecule has 25 heavy (non-hydrogen) atoms. The van der Waals surface area contributed by atoms with Crippen LogP contribution in [0.15, 0.2) is 42.5 Å². The van der Waals surface area contributed by atoms with Gasteiger partial charge in [-0.25, -0.2) is 0 Å². The van der Waals surface area contributed by atoms with E-state index >= 15 is 0 Å². The zero-order valence-corrected chi connectivity index (χ0v) is 13.8. The molecule has 0 heterocycles. The number of amides is 2. The molecule has 2 rings (SSSR count). The summed E-state index contributed by atoms with van der Waals surface area (Å²) in [6.45, 7) is 1.19. The molecule has 0 aliphatic heterocycles. The van der Waals surface area contributed by atoms with Crippen molar-refractivity contribution >= 4 is 23.2 Å². The van der Waals surface area contributed by atoms with Crippen LogP contribution in [0.2, 0.25) is 0 Å². The summed E-state index contributed by atoms with van der Waals surface area (Å²) in [4.78, 5) is 23.2. The Kier molecular flexibility index (Phi) is 5.96. The molecule has 2 aromatic rings. The molecule has 0 unspecified atom stereocenters. The maximum Gasteiger partial charge on any atom is 0.262 e. The molecular formula is C18H17N3O4. The van der Waals surface area contributed by atoms with Crippen molar-refractivity contribution in [2.75, 3.05) is 24.4 Å². The number of methoxy groups -OCH3 is 1. The molecular weight excluding hydrogens is 322 g/mol. The third kappa shape index (κ3) is 5.25. The fraction of sp³-hybridized carbons (Fsp3) is 0.167. The molecule has 128 valence electrons. The number of nitrogens with zero attached hydrogens (tertiary/aromatic N) is 1. The summed E-state index contributed by atoms with van der Waals surface area (Å²) < 4.78 is 10.6. The first-order valence-corrected chi connectivity index (χ1v) is 7.40. The highest BCUT2D eigenvalue weighted by molar-refractivity contribution is 5.95. The van der Waals surface area contributed by atoms with E-state index in [0.717, 1.165) is 0 Å². The lowest BCUT2D eigenvalue weighted by molar-refractivity contribution is -0.118. The van der Waals surface area contributed by atoms with Crippen molar-refractivity contribution < 1.29 is 19.1 Å². The summed E-state index contributed by atoms with van der Waals surface area (Å²) in [6.07, 6.45) is 0. The molecule has 0 atom stereocenters. The van der Waals surface area contributed by atoms with Gasteiger partial charge in [0.2, 0.25) is 5.91 Å². The number of carbonyl (C=O) groups excluding carboxylic acids is 2. The van der Waals surface area contributed by atoms with Gasteiger partial charge >= 0.3 is 0 Å². The second-order valence-corrected chi connectivity index (χ2v) is 5.07. The van der Waals surface area contributed by atoms with Crippen LogP contribution in [-0.4, -0.2) is 25.5 Å². The molecule has 0 aliphatic rings. The summed E-state index contributed by atoms with van der Waals surface area (Å²) in [7, 11) is 1.48. The Morgan fingerprint density at radius 2 is 1.84 bits per heavy atom. The van der Waals surface area contributed by atoms with E-state index in [1.54, 1.807) is 42.5 Å². The first kappa shape index (κ1) is 17.8. The van der Waals surface area contributed by atoms with Gasteiger partial charge in [-0.3, -0.25) is 9.59 Å². The second-order valence-electron chi connectivity index (χ2n) is 5.07. The highest BCUT2D eigenvalue weighted by Gasteiger charge is 2.10. The van der Waals surface area contributed by atoms with Crippen LogP contribution >= 0.6 is 0 Å². The average Bonchev–Trinajstić information content (AvgIpc) is 2.60. The van der Waals surface area contributed by atoms with Gasteiger partial charge in [0.25, 0.3) is 5.91 Å². The number of hydrogen-bond acceptors (Lipinski definition) is 5. The van der Waals surface area contributed by atoms with Gasteiger partial charge in [0.05, 0.1) is 24.4 Å². The van der Waals surface area contributed by atoms with Crippen LogP contribution in [-0.2, 0) is 9.59 Å². The number of carbonyl (C=O) groups is 2. The summed E-state index contributed by atoms with van der Waals surface area (Å²) in [5.41, 5.74) is 1.47. The van der Waals surface area contributed by atoms with Crippen molar-refractivity contribution in [2.24, 2.45) is 0 Å². The van der Waals surface area contributed by atoms with Crippen LogP contribution < -0.4 is 20.1 Å². The Bertz CT molecular complexity index is 810. The lowest BCUT2D eigenvalue weighted by Crippen LogP contribution is -2.20. The standard InChI is InChI=1S/C18H17N3O4/c1-12(22)20-14-5-8-17(24-2)16(9-14)21-18(23)11-25-15-6-3-13(10-19)4-7-15/h3-9H,11H2,1-2H3,(H,20,22)(H,21,23). The predicted molar refractivity (Wildman–Crippen MR) is 92.6 cm³/mol. The first-order valence-electron chi connectivity index (χ1n) is 7.40. The molecule has 0 saturated heterocycles. The fourth-order valence-corrected chi connectivity index (χ4v) is 2.05. The van der Waals surface area contributed by atoms with Gasteiger partial charge in [0.15, 0.2) is 6.61 Å². The molecule has 2 aromatic carbocycles. The lowest BCUT2D eigenvalue weighted by Gasteiger charge is -2.13. The van der Waals surface area contributed by atoms with Gasteiger partial charge in [-0.05, 0) is 42.5 Å². The lowest BCUT2D eigenvalue weighted by atomic mass is 10.2. The van der Waals surface area contributed by atoms with E-state index < -0.39 is 0 Å². The number of anilines is 2. The van der Waals surface area contributed by atoms with E-state index in [-0.39, 0.29) is 18.4 Å². The molecule has 0 saturated carbocycles. The average molecular weight is 339 g/mol. The zero-order valence-electron chi connectivity index (χ0n) is 13.8. The maximum atomic E-state index is 12.1. The van der Waals surface area contributed by atoms with Gasteiger partial charge < -0.3 is 20.1 Å². The molecule has 0 aliphatic carbocycles. The van der Waals surface area contributed by atoms with Gasteiger partial charge in [-0.2, -0.15) is 5.26 Å². The first-order chi connectivity index (χ1) is 12.0. The van der Waals surface area contributed by atoms with Crippen LogP contribution in [0.5, 0.6) is 11.5 Å². The minimum absolute atomic E-state index is 0.209. The van der Waals surface area contributed by atoms with Crippen LogP contribution in [0, 0.1) is 11.3 Å².